The van der Waals surface area contributed by atoms with Gasteiger partial charge in [0.25, 0.3) is 0 Å². The third kappa shape index (κ3) is 1.35. The lowest BCUT2D eigenvalue weighted by Crippen LogP contribution is -2.60. The molecule has 0 aliphatic carbocycles. The summed E-state index contributed by atoms with van der Waals surface area (Å²) >= 11 is 0. The Kier molecular flexibility index (Phi) is 2.27. The molecule has 80 valence electrons. The van der Waals surface area contributed by atoms with Crippen LogP contribution in [0.3, 0.4) is 0 Å². The maximum absolute atomic E-state index is 11.7. The molecule has 0 bridgehead atoms. The van der Waals surface area contributed by atoms with Gasteiger partial charge in [-0.05, 0) is 19.4 Å². The maximum Gasteiger partial charge on any atom is 0.233 e. The molecule has 3 heteroatoms. The lowest BCUT2D eigenvalue weighted by molar-refractivity contribution is -0.177. The highest BCUT2D eigenvalue weighted by Crippen LogP contribution is 2.48. The number of carbonyl (C=O) groups excluding carboxylic acids is 1. The van der Waals surface area contributed by atoms with Crippen LogP contribution in [0.15, 0.2) is 30.3 Å². The standard InChI is InChI=1S/C12H15NO2/c1-12(2)10(13(8-14)11(12)15)9-6-4-3-5-7-9/h3-7,10,14H,8H2,1-2H3/t10-/m1/s1. The molecular weight excluding hydrogens is 190 g/mol. The number of amides is 1. The highest BCUT2D eigenvalue weighted by atomic mass is 16.3. The Morgan fingerprint density at radius 3 is 2.47 bits per heavy atom. The lowest BCUT2D eigenvalue weighted by atomic mass is 9.71. The number of carbonyl (C=O) groups is 1. The van der Waals surface area contributed by atoms with E-state index in [1.807, 2.05) is 44.2 Å². The Balaban J connectivity index is 2.33. The van der Waals surface area contributed by atoms with Gasteiger partial charge >= 0.3 is 0 Å². The van der Waals surface area contributed by atoms with Gasteiger partial charge in [0.15, 0.2) is 0 Å². The minimum absolute atomic E-state index is 0.00352. The van der Waals surface area contributed by atoms with Crippen molar-refractivity contribution in [3.05, 3.63) is 35.9 Å². The number of nitrogens with zero attached hydrogens (tertiary/aromatic N) is 1. The molecule has 1 saturated heterocycles. The van der Waals surface area contributed by atoms with Crippen LogP contribution < -0.4 is 0 Å². The molecule has 1 aliphatic rings. The normalized spacial score (nSPS) is 23.8. The van der Waals surface area contributed by atoms with Crippen LogP contribution in [-0.2, 0) is 4.79 Å². The number of rotatable bonds is 2. The van der Waals surface area contributed by atoms with E-state index in [1.165, 1.54) is 4.90 Å². The molecule has 1 amide bonds. The van der Waals surface area contributed by atoms with E-state index in [2.05, 4.69) is 0 Å². The number of β-lactam (4-membered cyclic amide) rings is 1. The maximum atomic E-state index is 11.7. The molecular formula is C12H15NO2. The van der Waals surface area contributed by atoms with E-state index < -0.39 is 5.41 Å². The van der Waals surface area contributed by atoms with Crippen molar-refractivity contribution in [2.24, 2.45) is 5.41 Å². The highest BCUT2D eigenvalue weighted by molar-refractivity contribution is 5.89. The summed E-state index contributed by atoms with van der Waals surface area (Å²) in [5.74, 6) is 0.0128. The minimum atomic E-state index is -0.399. The van der Waals surface area contributed by atoms with Crippen molar-refractivity contribution in [3.8, 4) is 0 Å². The van der Waals surface area contributed by atoms with Gasteiger partial charge in [0.2, 0.25) is 5.91 Å². The molecule has 1 aliphatic heterocycles. The van der Waals surface area contributed by atoms with Crippen molar-refractivity contribution in [2.45, 2.75) is 19.9 Å². The third-order valence-electron chi connectivity index (χ3n) is 3.08. The summed E-state index contributed by atoms with van der Waals surface area (Å²) in [6, 6.07) is 9.81. The minimum Gasteiger partial charge on any atom is -0.376 e. The number of aliphatic hydroxyl groups excluding tert-OH is 1. The average molecular weight is 205 g/mol. The van der Waals surface area contributed by atoms with Crippen LogP contribution in [0.1, 0.15) is 25.5 Å². The monoisotopic (exact) mass is 205 g/mol. The zero-order valence-corrected chi connectivity index (χ0v) is 8.97. The van der Waals surface area contributed by atoms with Crippen molar-refractivity contribution >= 4 is 5.91 Å². The molecule has 3 nitrogen and oxygen atoms in total. The van der Waals surface area contributed by atoms with Crippen LogP contribution >= 0.6 is 0 Å². The van der Waals surface area contributed by atoms with E-state index >= 15 is 0 Å². The fourth-order valence-corrected chi connectivity index (χ4v) is 2.31. The smallest absolute Gasteiger partial charge is 0.233 e. The zero-order chi connectivity index (χ0) is 11.1. The summed E-state index contributed by atoms with van der Waals surface area (Å²) in [5, 5.41) is 9.13. The predicted molar refractivity (Wildman–Crippen MR) is 56.9 cm³/mol. The van der Waals surface area contributed by atoms with Gasteiger partial charge in [-0.2, -0.15) is 0 Å². The molecule has 1 aromatic carbocycles. The van der Waals surface area contributed by atoms with Gasteiger partial charge in [-0.25, -0.2) is 0 Å². The first-order chi connectivity index (χ1) is 7.09. The molecule has 0 unspecified atom stereocenters. The van der Waals surface area contributed by atoms with Gasteiger partial charge in [0, 0.05) is 0 Å². The number of aliphatic hydroxyl groups is 1. The fourth-order valence-electron chi connectivity index (χ4n) is 2.31. The van der Waals surface area contributed by atoms with E-state index in [0.717, 1.165) is 5.56 Å². The third-order valence-corrected chi connectivity index (χ3v) is 3.08. The second-order valence-corrected chi connectivity index (χ2v) is 4.45. The first kappa shape index (κ1) is 10.2. The Hall–Kier alpha value is -1.35. The number of likely N-dealkylation sites (tertiary alicyclic amines) is 1. The second-order valence-electron chi connectivity index (χ2n) is 4.45. The topological polar surface area (TPSA) is 40.5 Å². The summed E-state index contributed by atoms with van der Waals surface area (Å²) in [5.41, 5.74) is 0.681. The quantitative estimate of drug-likeness (QED) is 0.744. The highest BCUT2D eigenvalue weighted by Gasteiger charge is 2.54. The Labute approximate surface area is 89.3 Å². The summed E-state index contributed by atoms with van der Waals surface area (Å²) in [6.07, 6.45) is 0. The van der Waals surface area contributed by atoms with Crippen LogP contribution in [0.4, 0.5) is 0 Å². The van der Waals surface area contributed by atoms with Crippen LogP contribution in [0, 0.1) is 5.41 Å². The summed E-state index contributed by atoms with van der Waals surface area (Å²) < 4.78 is 0. The van der Waals surface area contributed by atoms with E-state index in [0.29, 0.717) is 0 Å². The predicted octanol–water partition coefficient (Wildman–Crippen LogP) is 1.55. The van der Waals surface area contributed by atoms with Crippen LogP contribution in [0.2, 0.25) is 0 Å². The van der Waals surface area contributed by atoms with Gasteiger partial charge in [-0.3, -0.25) is 4.79 Å². The molecule has 1 N–H and O–H groups in total. The molecule has 0 saturated carbocycles. The van der Waals surface area contributed by atoms with E-state index in [1.54, 1.807) is 0 Å². The molecule has 1 fully saturated rings. The SMILES string of the molecule is CC1(C)C(=O)N(CO)[C@@H]1c1ccccc1. The molecule has 2 rings (SSSR count). The first-order valence-corrected chi connectivity index (χ1v) is 5.06. The zero-order valence-electron chi connectivity index (χ0n) is 8.97. The number of hydrogen-bond acceptors (Lipinski definition) is 2. The summed E-state index contributed by atoms with van der Waals surface area (Å²) in [4.78, 5) is 13.2. The van der Waals surface area contributed by atoms with E-state index in [-0.39, 0.29) is 18.7 Å². The Morgan fingerprint density at radius 2 is 1.93 bits per heavy atom. The molecule has 15 heavy (non-hydrogen) atoms. The van der Waals surface area contributed by atoms with Gasteiger partial charge in [0.1, 0.15) is 6.73 Å². The molecule has 1 atom stereocenters. The van der Waals surface area contributed by atoms with Crippen LogP contribution in [0.5, 0.6) is 0 Å². The average Bonchev–Trinajstić information content (AvgIpc) is 2.25. The fraction of sp³-hybridized carbons (Fsp3) is 0.417. The van der Waals surface area contributed by atoms with Crippen molar-refractivity contribution in [3.63, 3.8) is 0 Å². The van der Waals surface area contributed by atoms with Gasteiger partial charge < -0.3 is 10.0 Å². The second kappa shape index (κ2) is 3.35. The van der Waals surface area contributed by atoms with Crippen LogP contribution in [0.25, 0.3) is 0 Å². The molecule has 0 aromatic heterocycles. The van der Waals surface area contributed by atoms with Crippen molar-refractivity contribution in [1.82, 2.24) is 4.90 Å². The summed E-state index contributed by atoms with van der Waals surface area (Å²) in [6.45, 7) is 3.63. The lowest BCUT2D eigenvalue weighted by Gasteiger charge is -2.52. The largest absolute Gasteiger partial charge is 0.376 e. The summed E-state index contributed by atoms with van der Waals surface area (Å²) in [7, 11) is 0. The van der Waals surface area contributed by atoms with Crippen LogP contribution in [-0.4, -0.2) is 22.6 Å². The van der Waals surface area contributed by atoms with Gasteiger partial charge in [-0.1, -0.05) is 30.3 Å². The Morgan fingerprint density at radius 1 is 1.33 bits per heavy atom. The van der Waals surface area contributed by atoms with Gasteiger partial charge in [0.05, 0.1) is 11.5 Å². The van der Waals surface area contributed by atoms with Crippen molar-refractivity contribution in [1.29, 1.82) is 0 Å². The van der Waals surface area contributed by atoms with E-state index in [4.69, 9.17) is 5.11 Å². The van der Waals surface area contributed by atoms with Gasteiger partial charge in [-0.15, -0.1) is 0 Å². The number of hydrogen-bond donors (Lipinski definition) is 1. The van der Waals surface area contributed by atoms with E-state index in [9.17, 15) is 4.79 Å². The number of benzene rings is 1. The molecule has 0 spiro atoms. The van der Waals surface area contributed by atoms with Crippen molar-refractivity contribution in [2.75, 3.05) is 6.73 Å². The van der Waals surface area contributed by atoms with Crippen molar-refractivity contribution < 1.29 is 9.90 Å². The molecule has 1 aromatic rings. The Bertz CT molecular complexity index is 372. The molecule has 1 heterocycles. The first-order valence-electron chi connectivity index (χ1n) is 5.06. The molecule has 0 radical (unpaired) electrons.